The molecule has 1 N–H and O–H groups in total. The van der Waals surface area contributed by atoms with Crippen molar-refractivity contribution in [3.63, 3.8) is 0 Å². The van der Waals surface area contributed by atoms with E-state index in [1.165, 1.54) is 12.1 Å². The number of carbonyl (C=O) groups is 1. The maximum atomic E-state index is 12.8. The quantitative estimate of drug-likeness (QED) is 0.911. The highest BCUT2D eigenvalue weighted by atomic mass is 32.2. The van der Waals surface area contributed by atoms with Crippen LogP contribution < -0.4 is 9.47 Å². The van der Waals surface area contributed by atoms with Gasteiger partial charge in [0.2, 0.25) is 6.79 Å². The molecule has 0 aromatic heterocycles. The second kappa shape index (κ2) is 5.24. The fourth-order valence-corrected chi connectivity index (χ4v) is 5.39. The number of hydrogen-bond acceptors (Lipinski definition) is 5. The van der Waals surface area contributed by atoms with Crippen LogP contribution in [0.4, 0.5) is 0 Å². The van der Waals surface area contributed by atoms with Crippen molar-refractivity contribution in [2.75, 3.05) is 6.79 Å². The van der Waals surface area contributed by atoms with Crippen molar-refractivity contribution in [1.29, 1.82) is 0 Å². The number of hydrogen-bond donors (Lipinski definition) is 1. The summed E-state index contributed by atoms with van der Waals surface area (Å²) in [4.78, 5) is 11.7. The molecule has 1 aliphatic carbocycles. The lowest BCUT2D eigenvalue weighted by Gasteiger charge is -2.04. The van der Waals surface area contributed by atoms with E-state index in [1.807, 2.05) is 0 Å². The first kappa shape index (κ1) is 15.0. The van der Waals surface area contributed by atoms with Gasteiger partial charge in [0.1, 0.15) is 0 Å². The summed E-state index contributed by atoms with van der Waals surface area (Å²) in [6.45, 7) is 0.109. The van der Waals surface area contributed by atoms with Gasteiger partial charge in [-0.2, -0.15) is 0 Å². The predicted octanol–water partition coefficient (Wildman–Crippen LogP) is 2.06. The standard InChI is InChI=1S/C17H14O6S/c18-17(19)15-14(10-6-7-12-13(8-10)23-9-22-12)16(15)24(20,21)11-4-2-1-3-5-11/h1-8,14-16H,9H2,(H,18,19)/t14-,15+,16-/m0/s1. The van der Waals surface area contributed by atoms with Crippen LogP contribution in [-0.4, -0.2) is 31.5 Å². The normalized spacial score (nSPS) is 24.6. The van der Waals surface area contributed by atoms with Crippen molar-refractivity contribution in [2.45, 2.75) is 16.1 Å². The van der Waals surface area contributed by atoms with Crippen LogP contribution >= 0.6 is 0 Å². The highest BCUT2D eigenvalue weighted by Crippen LogP contribution is 2.55. The maximum Gasteiger partial charge on any atom is 0.308 e. The van der Waals surface area contributed by atoms with Crippen molar-refractivity contribution in [2.24, 2.45) is 5.92 Å². The summed E-state index contributed by atoms with van der Waals surface area (Å²) in [5.41, 5.74) is 0.635. The monoisotopic (exact) mass is 346 g/mol. The van der Waals surface area contributed by atoms with Gasteiger partial charge in [0.25, 0.3) is 0 Å². The number of carboxylic acid groups (broad SMARTS) is 1. The Morgan fingerprint density at radius 2 is 1.75 bits per heavy atom. The van der Waals surface area contributed by atoms with E-state index in [-0.39, 0.29) is 11.7 Å². The Labute approximate surface area is 138 Å². The Morgan fingerprint density at radius 1 is 1.04 bits per heavy atom. The van der Waals surface area contributed by atoms with Crippen LogP contribution in [0.5, 0.6) is 11.5 Å². The van der Waals surface area contributed by atoms with Crippen LogP contribution in [0.25, 0.3) is 0 Å². The Morgan fingerprint density at radius 3 is 2.46 bits per heavy atom. The van der Waals surface area contributed by atoms with E-state index in [9.17, 15) is 18.3 Å². The molecule has 1 fully saturated rings. The molecule has 1 heterocycles. The van der Waals surface area contributed by atoms with Gasteiger partial charge in [0.15, 0.2) is 21.3 Å². The van der Waals surface area contributed by atoms with Crippen LogP contribution in [0.15, 0.2) is 53.4 Å². The second-order valence-electron chi connectivity index (χ2n) is 5.83. The van der Waals surface area contributed by atoms with E-state index in [0.717, 1.165) is 0 Å². The molecule has 7 heteroatoms. The van der Waals surface area contributed by atoms with E-state index < -0.39 is 32.9 Å². The first-order valence-corrected chi connectivity index (χ1v) is 8.96. The van der Waals surface area contributed by atoms with Gasteiger partial charge in [0.05, 0.1) is 16.1 Å². The summed E-state index contributed by atoms with van der Waals surface area (Å²) < 4.78 is 36.1. The van der Waals surface area contributed by atoms with Gasteiger partial charge in [0, 0.05) is 5.92 Å². The maximum absolute atomic E-state index is 12.8. The molecule has 1 aliphatic heterocycles. The molecule has 0 spiro atoms. The molecule has 124 valence electrons. The zero-order valence-electron chi connectivity index (χ0n) is 12.5. The average molecular weight is 346 g/mol. The molecule has 24 heavy (non-hydrogen) atoms. The topological polar surface area (TPSA) is 89.9 Å². The second-order valence-corrected chi connectivity index (χ2v) is 7.93. The lowest BCUT2D eigenvalue weighted by Crippen LogP contribution is -2.13. The lowest BCUT2D eigenvalue weighted by atomic mass is 10.1. The van der Waals surface area contributed by atoms with Crippen LogP contribution in [0, 0.1) is 5.92 Å². The molecule has 2 aliphatic rings. The fourth-order valence-electron chi connectivity index (χ4n) is 3.25. The van der Waals surface area contributed by atoms with Gasteiger partial charge >= 0.3 is 5.97 Å². The molecular weight excluding hydrogens is 332 g/mol. The molecule has 0 amide bonds. The molecule has 0 bridgehead atoms. The number of sulfone groups is 1. The molecule has 2 aromatic carbocycles. The summed E-state index contributed by atoms with van der Waals surface area (Å²) in [6, 6.07) is 13.0. The molecule has 0 unspecified atom stereocenters. The molecular formula is C17H14O6S. The van der Waals surface area contributed by atoms with Gasteiger partial charge in [-0.1, -0.05) is 24.3 Å². The molecule has 2 aromatic rings. The smallest absolute Gasteiger partial charge is 0.308 e. The van der Waals surface area contributed by atoms with Crippen molar-refractivity contribution >= 4 is 15.8 Å². The van der Waals surface area contributed by atoms with Crippen molar-refractivity contribution in [3.05, 3.63) is 54.1 Å². The minimum atomic E-state index is -3.72. The molecule has 3 atom stereocenters. The largest absolute Gasteiger partial charge is 0.481 e. The first-order chi connectivity index (χ1) is 11.5. The number of aliphatic carboxylic acids is 1. The number of benzene rings is 2. The number of fused-ring (bicyclic) bond motifs is 1. The van der Waals surface area contributed by atoms with E-state index in [2.05, 4.69) is 0 Å². The van der Waals surface area contributed by atoms with Gasteiger partial charge in [-0.3, -0.25) is 4.79 Å². The van der Waals surface area contributed by atoms with Crippen molar-refractivity contribution in [1.82, 2.24) is 0 Å². The third kappa shape index (κ3) is 2.24. The first-order valence-electron chi connectivity index (χ1n) is 7.41. The van der Waals surface area contributed by atoms with Crippen molar-refractivity contribution in [3.8, 4) is 11.5 Å². The van der Waals surface area contributed by atoms with E-state index in [4.69, 9.17) is 9.47 Å². The number of carboxylic acids is 1. The van der Waals surface area contributed by atoms with Gasteiger partial charge in [-0.15, -0.1) is 0 Å². The van der Waals surface area contributed by atoms with E-state index >= 15 is 0 Å². The van der Waals surface area contributed by atoms with Crippen LogP contribution in [0.1, 0.15) is 11.5 Å². The zero-order chi connectivity index (χ0) is 16.9. The third-order valence-electron chi connectivity index (χ3n) is 4.45. The van der Waals surface area contributed by atoms with E-state index in [0.29, 0.717) is 17.1 Å². The summed E-state index contributed by atoms with van der Waals surface area (Å²) in [6.07, 6.45) is 0. The fraction of sp³-hybridized carbons (Fsp3) is 0.235. The minimum Gasteiger partial charge on any atom is -0.481 e. The van der Waals surface area contributed by atoms with Crippen molar-refractivity contribution < 1.29 is 27.8 Å². The SMILES string of the molecule is O=C(O)[C@@H]1[C@H](c2ccc3c(c2)OCO3)[C@@H]1S(=O)(=O)c1ccccc1. The van der Waals surface area contributed by atoms with Crippen LogP contribution in [-0.2, 0) is 14.6 Å². The molecule has 0 saturated heterocycles. The summed E-state index contributed by atoms with van der Waals surface area (Å²) in [5, 5.41) is 8.46. The Hall–Kier alpha value is -2.54. The highest BCUT2D eigenvalue weighted by molar-refractivity contribution is 7.92. The number of rotatable bonds is 4. The van der Waals surface area contributed by atoms with Gasteiger partial charge in [-0.25, -0.2) is 8.42 Å². The van der Waals surface area contributed by atoms with Gasteiger partial charge in [-0.05, 0) is 29.8 Å². The van der Waals surface area contributed by atoms with Crippen LogP contribution in [0.2, 0.25) is 0 Å². The average Bonchev–Trinajstić information content (AvgIpc) is 3.19. The summed E-state index contributed by atoms with van der Waals surface area (Å²) in [7, 11) is -3.72. The predicted molar refractivity (Wildman–Crippen MR) is 83.8 cm³/mol. The molecule has 1 saturated carbocycles. The summed E-state index contributed by atoms with van der Waals surface area (Å²) in [5.74, 6) is -1.58. The molecule has 6 nitrogen and oxygen atoms in total. The molecule has 4 rings (SSSR count). The Bertz CT molecular complexity index is 906. The van der Waals surface area contributed by atoms with Gasteiger partial charge < -0.3 is 14.6 Å². The Balaban J connectivity index is 1.72. The summed E-state index contributed by atoms with van der Waals surface area (Å²) >= 11 is 0. The molecule has 0 radical (unpaired) electrons. The zero-order valence-corrected chi connectivity index (χ0v) is 13.3. The minimum absolute atomic E-state index is 0.109. The lowest BCUT2D eigenvalue weighted by molar-refractivity contribution is -0.138. The van der Waals surface area contributed by atoms with E-state index in [1.54, 1.807) is 36.4 Å². The van der Waals surface area contributed by atoms with Crippen LogP contribution in [0.3, 0.4) is 0 Å². The Kier molecular flexibility index (Phi) is 3.28. The number of ether oxygens (including phenoxy) is 2. The third-order valence-corrected chi connectivity index (χ3v) is 6.68. The highest BCUT2D eigenvalue weighted by Gasteiger charge is 2.63.